The van der Waals surface area contributed by atoms with E-state index in [2.05, 4.69) is 8.58 Å². The Morgan fingerprint density at radius 1 is 0.933 bits per heavy atom. The topological polar surface area (TPSA) is 52.6 Å². The minimum Gasteiger partial charge on any atom is -0.343 e. The van der Waals surface area contributed by atoms with Gasteiger partial charge in [-0.25, -0.2) is 9.59 Å². The molecular weight excluding hydrogens is 319 g/mol. The summed E-state index contributed by atoms with van der Waals surface area (Å²) >= 11 is 9.74. The molecule has 76 valence electrons. The van der Waals surface area contributed by atoms with E-state index in [4.69, 9.17) is 23.7 Å². The number of halogens is 2. The second kappa shape index (κ2) is 7.49. The molecule has 0 bridgehead atoms. The Labute approximate surface area is 133 Å². The third-order valence-electron chi connectivity index (χ3n) is 1.51. The van der Waals surface area contributed by atoms with E-state index in [1.54, 1.807) is 12.1 Å². The molecule has 0 N–H and O–H groups in total. The van der Waals surface area contributed by atoms with Crippen molar-refractivity contribution in [2.24, 2.45) is 0 Å². The molecule has 1 aromatic rings. The quantitative estimate of drug-likeness (QED) is 0.781. The largest absolute Gasteiger partial charge is 0.357 e. The molecule has 0 fully saturated rings. The van der Waals surface area contributed by atoms with Crippen LogP contribution in [0.25, 0.3) is 0 Å². The zero-order valence-electron chi connectivity index (χ0n) is 7.41. The van der Waals surface area contributed by atoms with E-state index in [-0.39, 0.29) is 56.6 Å². The molecule has 0 spiro atoms. The monoisotopic (exact) mass is 322 g/mol. The first-order valence-corrected chi connectivity index (χ1v) is 4.07. The molecule has 0 amide bonds. The molecule has 1 rings (SSSR count). The van der Waals surface area contributed by atoms with Gasteiger partial charge in [0.25, 0.3) is 0 Å². The second-order valence-electron chi connectivity index (χ2n) is 2.27. The molecule has 7 heteroatoms. The average molecular weight is 323 g/mol. The van der Waals surface area contributed by atoms with Crippen molar-refractivity contribution in [2.75, 3.05) is 0 Å². The van der Waals surface area contributed by atoms with Gasteiger partial charge in [-0.15, -0.1) is 0 Å². The van der Waals surface area contributed by atoms with E-state index in [1.165, 1.54) is 12.1 Å². The van der Waals surface area contributed by atoms with Crippen molar-refractivity contribution < 1.29 is 18.2 Å². The van der Waals surface area contributed by atoms with Crippen LogP contribution in [0.4, 0.5) is 0 Å². The number of hydrogen-bond acceptors (Lipinski definition) is 4. The Kier molecular flexibility index (Phi) is 7.60. The van der Waals surface area contributed by atoms with Gasteiger partial charge < -0.3 is 8.58 Å². The van der Waals surface area contributed by atoms with Gasteiger partial charge in [0, 0.05) is 45.5 Å². The van der Waals surface area contributed by atoms with Gasteiger partial charge in [0.2, 0.25) is 0 Å². The molecule has 0 saturated carbocycles. The minimum absolute atomic E-state index is 0. The van der Waals surface area contributed by atoms with Crippen molar-refractivity contribution in [1.29, 1.82) is 0 Å². The molecule has 0 saturated heterocycles. The van der Waals surface area contributed by atoms with Gasteiger partial charge in [0.1, 0.15) is 23.7 Å². The van der Waals surface area contributed by atoms with Crippen molar-refractivity contribution in [3.63, 3.8) is 0 Å². The van der Waals surface area contributed by atoms with Crippen molar-refractivity contribution in [1.82, 2.24) is 0 Å². The third-order valence-corrected chi connectivity index (χ3v) is 1.79. The maximum Gasteiger partial charge on any atom is 0.357 e. The first kappa shape index (κ1) is 15.2. The van der Waals surface area contributed by atoms with Crippen LogP contribution in [-0.4, -0.2) is 57.4 Å². The summed E-state index contributed by atoms with van der Waals surface area (Å²) in [7, 11) is 0. The SMILES string of the molecule is O=C(OCl)c1ccccc1C(=O)OCl.[Sr]. The Morgan fingerprint density at radius 3 is 1.53 bits per heavy atom. The van der Waals surface area contributed by atoms with Crippen LogP contribution in [0.5, 0.6) is 0 Å². The molecule has 15 heavy (non-hydrogen) atoms. The van der Waals surface area contributed by atoms with Crippen LogP contribution < -0.4 is 0 Å². The van der Waals surface area contributed by atoms with Gasteiger partial charge in [0.15, 0.2) is 0 Å². The molecule has 0 aliphatic carbocycles. The molecule has 1 aromatic carbocycles. The predicted molar refractivity (Wildman–Crippen MR) is 54.7 cm³/mol. The summed E-state index contributed by atoms with van der Waals surface area (Å²) in [6.07, 6.45) is 0. The molecular formula is C8H4Cl2O4Sr. The molecule has 4 nitrogen and oxygen atoms in total. The van der Waals surface area contributed by atoms with E-state index in [1.807, 2.05) is 0 Å². The van der Waals surface area contributed by atoms with Gasteiger partial charge in [0.05, 0.1) is 11.1 Å². The predicted octanol–water partition coefficient (Wildman–Crippen LogP) is 1.93. The molecule has 2 radical (unpaired) electrons. The summed E-state index contributed by atoms with van der Waals surface area (Å²) in [6, 6.07) is 5.84. The smallest absolute Gasteiger partial charge is 0.343 e. The summed E-state index contributed by atoms with van der Waals surface area (Å²) in [5.41, 5.74) is -0.0127. The first-order chi connectivity index (χ1) is 6.70. The summed E-state index contributed by atoms with van der Waals surface area (Å²) in [5, 5.41) is 0. The van der Waals surface area contributed by atoms with Crippen molar-refractivity contribution in [2.45, 2.75) is 0 Å². The number of rotatable bonds is 2. The Bertz CT molecular complexity index is 334. The van der Waals surface area contributed by atoms with E-state index in [0.717, 1.165) is 0 Å². The zero-order chi connectivity index (χ0) is 10.6. The normalized spacial score (nSPS) is 8.67. The fraction of sp³-hybridized carbons (Fsp3) is 0. The van der Waals surface area contributed by atoms with Crippen LogP contribution in [0, 0.1) is 0 Å². The molecule has 0 atom stereocenters. The van der Waals surface area contributed by atoms with E-state index in [0.29, 0.717) is 0 Å². The standard InChI is InChI=1S/C8H4Cl2O4.Sr/c9-13-7(11)5-3-1-2-4-6(5)8(12)14-10;/h1-4H;. The van der Waals surface area contributed by atoms with E-state index < -0.39 is 11.9 Å². The van der Waals surface area contributed by atoms with Crippen molar-refractivity contribution >= 4 is 81.2 Å². The Hall–Kier alpha value is 0.221. The second-order valence-corrected chi connectivity index (χ2v) is 2.58. The van der Waals surface area contributed by atoms with Gasteiger partial charge in [-0.2, -0.15) is 0 Å². The summed E-state index contributed by atoms with van der Waals surface area (Å²) in [5.74, 6) is -1.69. The van der Waals surface area contributed by atoms with Crippen molar-refractivity contribution in [3.05, 3.63) is 35.4 Å². The summed E-state index contributed by atoms with van der Waals surface area (Å²) < 4.78 is 7.91. The fourth-order valence-electron chi connectivity index (χ4n) is 0.922. The number of hydrogen-bond donors (Lipinski definition) is 0. The van der Waals surface area contributed by atoms with Gasteiger partial charge in [-0.3, -0.25) is 0 Å². The van der Waals surface area contributed by atoms with Crippen LogP contribution in [0.3, 0.4) is 0 Å². The van der Waals surface area contributed by atoms with Gasteiger partial charge in [-0.05, 0) is 12.1 Å². The van der Waals surface area contributed by atoms with Crippen molar-refractivity contribution in [3.8, 4) is 0 Å². The molecule has 0 aliphatic rings. The maximum absolute atomic E-state index is 11.0. The summed E-state index contributed by atoms with van der Waals surface area (Å²) in [6.45, 7) is 0. The number of benzene rings is 1. The maximum atomic E-state index is 11.0. The van der Waals surface area contributed by atoms with Gasteiger partial charge >= 0.3 is 11.9 Å². The number of carbonyl (C=O) groups is 2. The fourth-order valence-corrected chi connectivity index (χ4v) is 1.09. The van der Waals surface area contributed by atoms with E-state index in [9.17, 15) is 9.59 Å². The minimum atomic E-state index is -0.843. The summed E-state index contributed by atoms with van der Waals surface area (Å²) in [4.78, 5) is 22.1. The van der Waals surface area contributed by atoms with E-state index >= 15 is 0 Å². The Morgan fingerprint density at radius 2 is 1.27 bits per heavy atom. The number of carbonyl (C=O) groups excluding carboxylic acids is 2. The van der Waals surface area contributed by atoms with Crippen LogP contribution in [0.15, 0.2) is 24.3 Å². The molecule has 0 unspecified atom stereocenters. The average Bonchev–Trinajstić information content (AvgIpc) is 2.27. The molecule has 0 aliphatic heterocycles. The van der Waals surface area contributed by atoms with Gasteiger partial charge in [-0.1, -0.05) is 12.1 Å². The van der Waals surface area contributed by atoms with Crippen LogP contribution >= 0.6 is 23.7 Å². The third kappa shape index (κ3) is 3.94. The first-order valence-electron chi connectivity index (χ1n) is 3.45. The Balaban J connectivity index is 0.00000196. The molecule has 0 aromatic heterocycles. The van der Waals surface area contributed by atoms with Crippen LogP contribution in [0.2, 0.25) is 0 Å². The van der Waals surface area contributed by atoms with Crippen LogP contribution in [0.1, 0.15) is 20.7 Å². The zero-order valence-corrected chi connectivity index (χ0v) is 12.4. The molecule has 0 heterocycles. The van der Waals surface area contributed by atoms with Crippen LogP contribution in [-0.2, 0) is 8.58 Å².